The summed E-state index contributed by atoms with van der Waals surface area (Å²) in [5.41, 5.74) is 0. The van der Waals surface area contributed by atoms with Crippen molar-refractivity contribution in [1.29, 1.82) is 0 Å². The molecule has 122 valence electrons. The maximum Gasteiger partial charge on any atom is 0.175 e. The monoisotopic (exact) mass is 296 g/mol. The van der Waals surface area contributed by atoms with Gasteiger partial charge in [-0.05, 0) is 12.3 Å². The molecule has 3 nitrogen and oxygen atoms in total. The molecule has 0 aliphatic carbocycles. The van der Waals surface area contributed by atoms with E-state index in [4.69, 9.17) is 14.2 Å². The van der Waals surface area contributed by atoms with Crippen LogP contribution in [0.15, 0.2) is 25.3 Å². The van der Waals surface area contributed by atoms with Gasteiger partial charge >= 0.3 is 0 Å². The zero-order valence-corrected chi connectivity index (χ0v) is 13.8. The van der Waals surface area contributed by atoms with E-state index in [0.29, 0.717) is 32.0 Å². The summed E-state index contributed by atoms with van der Waals surface area (Å²) in [7, 11) is 0. The number of unbranched alkanes of at least 4 members (excludes halogenated alkanes) is 1. The van der Waals surface area contributed by atoms with Crippen LogP contribution in [0.4, 0.5) is 0 Å². The van der Waals surface area contributed by atoms with Gasteiger partial charge in [-0.1, -0.05) is 45.3 Å². The van der Waals surface area contributed by atoms with E-state index in [1.54, 1.807) is 0 Å². The minimum atomic E-state index is -0.566. The molecular formula is C18H32O3. The summed E-state index contributed by atoms with van der Waals surface area (Å²) in [4.78, 5) is 0. The van der Waals surface area contributed by atoms with Crippen molar-refractivity contribution in [3.05, 3.63) is 25.3 Å². The van der Waals surface area contributed by atoms with Gasteiger partial charge in [-0.25, -0.2) is 0 Å². The Hall–Kier alpha value is -0.640. The Bertz CT molecular complexity index is 291. The van der Waals surface area contributed by atoms with Crippen molar-refractivity contribution in [3.8, 4) is 0 Å². The van der Waals surface area contributed by atoms with E-state index in [1.165, 1.54) is 25.7 Å². The van der Waals surface area contributed by atoms with Crippen molar-refractivity contribution in [2.45, 2.75) is 64.3 Å². The Morgan fingerprint density at radius 2 is 2.00 bits per heavy atom. The maximum absolute atomic E-state index is 6.04. The lowest BCUT2D eigenvalue weighted by Crippen LogP contribution is -2.30. The molecule has 0 amide bonds. The van der Waals surface area contributed by atoms with Crippen molar-refractivity contribution < 1.29 is 14.2 Å². The Balaban J connectivity index is 2.30. The van der Waals surface area contributed by atoms with Crippen LogP contribution in [-0.2, 0) is 14.2 Å². The second-order valence-corrected chi connectivity index (χ2v) is 5.90. The largest absolute Gasteiger partial charge is 0.378 e. The van der Waals surface area contributed by atoms with Crippen LogP contribution in [0.25, 0.3) is 0 Å². The van der Waals surface area contributed by atoms with Crippen molar-refractivity contribution in [2.24, 2.45) is 5.92 Å². The molecule has 2 unspecified atom stereocenters. The van der Waals surface area contributed by atoms with Gasteiger partial charge in [0.1, 0.15) is 6.10 Å². The number of hydrogen-bond acceptors (Lipinski definition) is 3. The summed E-state index contributed by atoms with van der Waals surface area (Å²) >= 11 is 0. The van der Waals surface area contributed by atoms with Crippen LogP contribution in [-0.4, -0.2) is 31.7 Å². The van der Waals surface area contributed by atoms with Gasteiger partial charge in [-0.3, -0.25) is 0 Å². The molecular weight excluding hydrogens is 264 g/mol. The summed E-state index contributed by atoms with van der Waals surface area (Å²) < 4.78 is 17.7. The standard InChI is InChI=1S/C18H32O3/c1-5-9-10-16(8-4)13-19-14-17-15-20-18(21-17,11-6-2)12-7-3/h6-7,16-17H,2-3,5,8-15H2,1,4H3. The fourth-order valence-corrected chi connectivity index (χ4v) is 2.70. The summed E-state index contributed by atoms with van der Waals surface area (Å²) in [6.07, 6.45) is 10.0. The van der Waals surface area contributed by atoms with Gasteiger partial charge in [-0.15, -0.1) is 13.2 Å². The number of rotatable bonds is 12. The van der Waals surface area contributed by atoms with Gasteiger partial charge in [0.2, 0.25) is 0 Å². The molecule has 0 radical (unpaired) electrons. The third-order valence-corrected chi connectivity index (χ3v) is 4.02. The minimum Gasteiger partial charge on any atom is -0.378 e. The molecule has 0 aromatic heterocycles. The average molecular weight is 296 g/mol. The van der Waals surface area contributed by atoms with Gasteiger partial charge in [0, 0.05) is 19.4 Å². The van der Waals surface area contributed by atoms with Crippen LogP contribution in [0.3, 0.4) is 0 Å². The predicted octanol–water partition coefficient (Wildman–Crippen LogP) is 4.48. The quantitative estimate of drug-likeness (QED) is 0.497. The summed E-state index contributed by atoms with van der Waals surface area (Å²) in [6.45, 7) is 14.0. The lowest BCUT2D eigenvalue weighted by atomic mass is 10.0. The summed E-state index contributed by atoms with van der Waals surface area (Å²) in [6, 6.07) is 0. The first-order valence-electron chi connectivity index (χ1n) is 8.31. The second-order valence-electron chi connectivity index (χ2n) is 5.90. The Morgan fingerprint density at radius 3 is 2.57 bits per heavy atom. The topological polar surface area (TPSA) is 27.7 Å². The van der Waals surface area contributed by atoms with Crippen LogP contribution in [0, 0.1) is 5.92 Å². The molecule has 1 aliphatic heterocycles. The van der Waals surface area contributed by atoms with Crippen molar-refractivity contribution in [1.82, 2.24) is 0 Å². The first-order chi connectivity index (χ1) is 10.2. The van der Waals surface area contributed by atoms with E-state index in [1.807, 2.05) is 12.2 Å². The van der Waals surface area contributed by atoms with Gasteiger partial charge < -0.3 is 14.2 Å². The van der Waals surface area contributed by atoms with Crippen LogP contribution >= 0.6 is 0 Å². The smallest absolute Gasteiger partial charge is 0.175 e. The fraction of sp³-hybridized carbons (Fsp3) is 0.778. The molecule has 0 aromatic carbocycles. The summed E-state index contributed by atoms with van der Waals surface area (Å²) in [5.74, 6) is 0.0996. The second kappa shape index (κ2) is 10.1. The van der Waals surface area contributed by atoms with Gasteiger partial charge in [-0.2, -0.15) is 0 Å². The molecule has 1 fully saturated rings. The van der Waals surface area contributed by atoms with E-state index in [2.05, 4.69) is 27.0 Å². The number of hydrogen-bond donors (Lipinski definition) is 0. The highest BCUT2D eigenvalue weighted by Crippen LogP contribution is 2.31. The molecule has 2 atom stereocenters. The molecule has 0 bridgehead atoms. The third kappa shape index (κ3) is 6.33. The van der Waals surface area contributed by atoms with E-state index in [9.17, 15) is 0 Å². The fourth-order valence-electron chi connectivity index (χ4n) is 2.70. The van der Waals surface area contributed by atoms with Crippen LogP contribution in [0.5, 0.6) is 0 Å². The predicted molar refractivity (Wildman–Crippen MR) is 87.3 cm³/mol. The van der Waals surface area contributed by atoms with E-state index in [0.717, 1.165) is 6.61 Å². The molecule has 0 aromatic rings. The zero-order chi connectivity index (χ0) is 15.6. The van der Waals surface area contributed by atoms with Gasteiger partial charge in [0.05, 0.1) is 13.2 Å². The molecule has 0 spiro atoms. The molecule has 1 aliphatic rings. The summed E-state index contributed by atoms with van der Waals surface area (Å²) in [5, 5.41) is 0. The Morgan fingerprint density at radius 1 is 1.29 bits per heavy atom. The third-order valence-electron chi connectivity index (χ3n) is 4.02. The van der Waals surface area contributed by atoms with Crippen LogP contribution in [0.2, 0.25) is 0 Å². The lowest BCUT2D eigenvalue weighted by molar-refractivity contribution is -0.168. The van der Waals surface area contributed by atoms with Crippen LogP contribution < -0.4 is 0 Å². The zero-order valence-electron chi connectivity index (χ0n) is 13.8. The SMILES string of the molecule is C=CCC1(CC=C)OCC(COCC(CC)CCCC)O1. The highest BCUT2D eigenvalue weighted by atomic mass is 16.7. The average Bonchev–Trinajstić information content (AvgIpc) is 2.86. The van der Waals surface area contributed by atoms with Crippen molar-refractivity contribution in [3.63, 3.8) is 0 Å². The lowest BCUT2D eigenvalue weighted by Gasteiger charge is -2.25. The van der Waals surface area contributed by atoms with E-state index < -0.39 is 5.79 Å². The molecule has 1 heterocycles. The maximum atomic E-state index is 6.04. The highest BCUT2D eigenvalue weighted by Gasteiger charge is 2.39. The molecule has 1 rings (SSSR count). The van der Waals surface area contributed by atoms with Crippen LogP contribution in [0.1, 0.15) is 52.4 Å². The van der Waals surface area contributed by atoms with E-state index in [-0.39, 0.29) is 6.10 Å². The first-order valence-corrected chi connectivity index (χ1v) is 8.31. The molecule has 21 heavy (non-hydrogen) atoms. The molecule has 0 saturated carbocycles. The minimum absolute atomic E-state index is 0.0218. The molecule has 3 heteroatoms. The first kappa shape index (κ1) is 18.4. The molecule has 0 N–H and O–H groups in total. The highest BCUT2D eigenvalue weighted by molar-refractivity contribution is 4.91. The Kier molecular flexibility index (Phi) is 8.90. The van der Waals surface area contributed by atoms with E-state index >= 15 is 0 Å². The Labute approximate surface area is 130 Å². The van der Waals surface area contributed by atoms with Crippen molar-refractivity contribution >= 4 is 0 Å². The molecule has 1 saturated heterocycles. The van der Waals surface area contributed by atoms with Crippen molar-refractivity contribution in [2.75, 3.05) is 19.8 Å². The normalized spacial score (nSPS) is 22.1. The van der Waals surface area contributed by atoms with Gasteiger partial charge in [0.25, 0.3) is 0 Å². The van der Waals surface area contributed by atoms with Gasteiger partial charge in [0.15, 0.2) is 5.79 Å². The number of ether oxygens (including phenoxy) is 3.